The second-order valence-corrected chi connectivity index (χ2v) is 2.98. The third kappa shape index (κ3) is 2.06. The van der Waals surface area contributed by atoms with E-state index in [9.17, 15) is 0 Å². The highest BCUT2D eigenvalue weighted by Crippen LogP contribution is 2.18. The molecule has 1 heterocycles. The summed E-state index contributed by atoms with van der Waals surface area (Å²) in [5, 5.41) is 3.70. The lowest BCUT2D eigenvalue weighted by molar-refractivity contribution is 0.0823. The van der Waals surface area contributed by atoms with E-state index in [-0.39, 0.29) is 6.79 Å². The molecule has 0 bridgehead atoms. The fraction of sp³-hybridized carbons (Fsp3) is 0.111. The predicted molar refractivity (Wildman–Crippen MR) is 50.2 cm³/mol. The van der Waals surface area contributed by atoms with Crippen molar-refractivity contribution in [3.8, 4) is 0 Å². The van der Waals surface area contributed by atoms with Crippen LogP contribution in [0.2, 0.25) is 5.02 Å². The standard InChI is InChI=1S/C9H8ClNO2/c10-7-2-1-3-8(4-7)11-9-5-12-6-13-9/h1-5,11H,6H2. The summed E-state index contributed by atoms with van der Waals surface area (Å²) in [6, 6.07) is 7.38. The first-order chi connectivity index (χ1) is 6.34. The van der Waals surface area contributed by atoms with Crippen molar-refractivity contribution in [1.29, 1.82) is 0 Å². The molecule has 0 fully saturated rings. The van der Waals surface area contributed by atoms with Gasteiger partial charge >= 0.3 is 0 Å². The Labute approximate surface area is 80.9 Å². The van der Waals surface area contributed by atoms with Crippen molar-refractivity contribution in [3.63, 3.8) is 0 Å². The van der Waals surface area contributed by atoms with Gasteiger partial charge in [-0.15, -0.1) is 0 Å². The van der Waals surface area contributed by atoms with Crippen LogP contribution in [-0.2, 0) is 9.47 Å². The summed E-state index contributed by atoms with van der Waals surface area (Å²) in [7, 11) is 0. The van der Waals surface area contributed by atoms with Crippen molar-refractivity contribution < 1.29 is 9.47 Å². The number of anilines is 1. The lowest BCUT2D eigenvalue weighted by Gasteiger charge is -2.04. The first kappa shape index (κ1) is 8.26. The van der Waals surface area contributed by atoms with Gasteiger partial charge in [-0.25, -0.2) is 0 Å². The van der Waals surface area contributed by atoms with Crippen molar-refractivity contribution in [3.05, 3.63) is 41.4 Å². The Balaban J connectivity index is 2.09. The molecule has 1 N–H and O–H groups in total. The van der Waals surface area contributed by atoms with Crippen molar-refractivity contribution >= 4 is 17.3 Å². The van der Waals surface area contributed by atoms with E-state index < -0.39 is 0 Å². The maximum Gasteiger partial charge on any atom is 0.232 e. The Bertz CT molecular complexity index is 338. The lowest BCUT2D eigenvalue weighted by atomic mass is 10.3. The molecule has 0 aromatic heterocycles. The van der Waals surface area contributed by atoms with E-state index >= 15 is 0 Å². The van der Waals surface area contributed by atoms with Crippen LogP contribution < -0.4 is 5.32 Å². The predicted octanol–water partition coefficient (Wildman–Crippen LogP) is 2.56. The van der Waals surface area contributed by atoms with Crippen LogP contribution in [0.5, 0.6) is 0 Å². The Morgan fingerprint density at radius 3 is 3.00 bits per heavy atom. The first-order valence-corrected chi connectivity index (χ1v) is 4.19. The van der Waals surface area contributed by atoms with E-state index in [2.05, 4.69) is 5.32 Å². The zero-order valence-corrected chi connectivity index (χ0v) is 7.54. The monoisotopic (exact) mass is 197 g/mol. The van der Waals surface area contributed by atoms with Crippen molar-refractivity contribution in [1.82, 2.24) is 0 Å². The molecule has 3 nitrogen and oxygen atoms in total. The Morgan fingerprint density at radius 1 is 1.38 bits per heavy atom. The molecule has 4 heteroatoms. The van der Waals surface area contributed by atoms with E-state index in [0.717, 1.165) is 5.69 Å². The largest absolute Gasteiger partial charge is 0.459 e. The molecule has 1 aromatic carbocycles. The first-order valence-electron chi connectivity index (χ1n) is 3.82. The van der Waals surface area contributed by atoms with Crippen LogP contribution in [-0.4, -0.2) is 6.79 Å². The van der Waals surface area contributed by atoms with Crippen molar-refractivity contribution in [2.24, 2.45) is 0 Å². The summed E-state index contributed by atoms with van der Waals surface area (Å²) in [6.45, 7) is 0.267. The van der Waals surface area contributed by atoms with Crippen LogP contribution in [0.25, 0.3) is 0 Å². The Kier molecular flexibility index (Phi) is 2.27. The number of ether oxygens (including phenoxy) is 2. The molecule has 0 radical (unpaired) electrons. The molecule has 1 aliphatic rings. The van der Waals surface area contributed by atoms with E-state index in [4.69, 9.17) is 21.1 Å². The summed E-state index contributed by atoms with van der Waals surface area (Å²) < 4.78 is 9.96. The molecule has 0 saturated carbocycles. The number of rotatable bonds is 2. The quantitative estimate of drug-likeness (QED) is 0.791. The highest BCUT2D eigenvalue weighted by atomic mass is 35.5. The van der Waals surface area contributed by atoms with E-state index in [1.165, 1.54) is 6.26 Å². The summed E-state index contributed by atoms with van der Waals surface area (Å²) in [5.74, 6) is 0.599. The molecule has 0 amide bonds. The molecule has 0 saturated heterocycles. The SMILES string of the molecule is Clc1cccc(NC2=COCO2)c1. The average Bonchev–Trinajstić information content (AvgIpc) is 2.57. The molecular formula is C9H8ClNO2. The number of hydrogen-bond donors (Lipinski definition) is 1. The van der Waals surface area contributed by atoms with Crippen molar-refractivity contribution in [2.45, 2.75) is 0 Å². The van der Waals surface area contributed by atoms with Gasteiger partial charge < -0.3 is 14.8 Å². The number of benzene rings is 1. The highest BCUT2D eigenvalue weighted by Gasteiger charge is 2.05. The number of halogens is 1. The molecule has 0 spiro atoms. The number of nitrogens with one attached hydrogen (secondary N) is 1. The second-order valence-electron chi connectivity index (χ2n) is 2.55. The fourth-order valence-corrected chi connectivity index (χ4v) is 1.21. The van der Waals surface area contributed by atoms with Gasteiger partial charge in [0.2, 0.25) is 12.7 Å². The molecular weight excluding hydrogens is 190 g/mol. The van der Waals surface area contributed by atoms with Crippen LogP contribution in [0, 0.1) is 0 Å². The van der Waals surface area contributed by atoms with Gasteiger partial charge in [-0.05, 0) is 18.2 Å². The molecule has 0 atom stereocenters. The van der Waals surface area contributed by atoms with Crippen LogP contribution in [0.4, 0.5) is 5.69 Å². The molecule has 0 unspecified atom stereocenters. The number of hydrogen-bond acceptors (Lipinski definition) is 3. The third-order valence-electron chi connectivity index (χ3n) is 1.56. The molecule has 13 heavy (non-hydrogen) atoms. The fourth-order valence-electron chi connectivity index (χ4n) is 1.02. The molecule has 0 aliphatic carbocycles. The van der Waals surface area contributed by atoms with Crippen molar-refractivity contribution in [2.75, 3.05) is 12.1 Å². The minimum atomic E-state index is 0.267. The van der Waals surface area contributed by atoms with Gasteiger partial charge in [-0.1, -0.05) is 17.7 Å². The summed E-state index contributed by atoms with van der Waals surface area (Å²) in [6.07, 6.45) is 1.53. The molecule has 68 valence electrons. The molecule has 1 aliphatic heterocycles. The molecule has 1 aromatic rings. The maximum atomic E-state index is 5.80. The lowest BCUT2D eigenvalue weighted by Crippen LogP contribution is -1.99. The van der Waals surface area contributed by atoms with Gasteiger partial charge in [-0.3, -0.25) is 0 Å². The Hall–Kier alpha value is -1.35. The smallest absolute Gasteiger partial charge is 0.232 e. The zero-order valence-electron chi connectivity index (χ0n) is 6.79. The zero-order chi connectivity index (χ0) is 9.10. The van der Waals surface area contributed by atoms with Gasteiger partial charge in [0.15, 0.2) is 0 Å². The minimum Gasteiger partial charge on any atom is -0.459 e. The van der Waals surface area contributed by atoms with E-state index in [1.807, 2.05) is 24.3 Å². The van der Waals surface area contributed by atoms with Gasteiger partial charge in [0.1, 0.15) is 6.26 Å². The van der Waals surface area contributed by atoms with Crippen LogP contribution in [0.15, 0.2) is 36.4 Å². The summed E-state index contributed by atoms with van der Waals surface area (Å²) in [5.41, 5.74) is 0.879. The second kappa shape index (κ2) is 3.58. The normalized spacial score (nSPS) is 14.4. The van der Waals surface area contributed by atoms with Gasteiger partial charge in [-0.2, -0.15) is 0 Å². The van der Waals surface area contributed by atoms with Gasteiger partial charge in [0.25, 0.3) is 0 Å². The Morgan fingerprint density at radius 2 is 2.31 bits per heavy atom. The van der Waals surface area contributed by atoms with E-state index in [1.54, 1.807) is 0 Å². The topological polar surface area (TPSA) is 30.5 Å². The van der Waals surface area contributed by atoms with Gasteiger partial charge in [0.05, 0.1) is 0 Å². The van der Waals surface area contributed by atoms with Gasteiger partial charge in [0, 0.05) is 10.7 Å². The molecule has 2 rings (SSSR count). The average molecular weight is 198 g/mol. The summed E-state index contributed by atoms with van der Waals surface area (Å²) in [4.78, 5) is 0. The van der Waals surface area contributed by atoms with Crippen LogP contribution in [0.3, 0.4) is 0 Å². The van der Waals surface area contributed by atoms with Crippen LogP contribution in [0.1, 0.15) is 0 Å². The third-order valence-corrected chi connectivity index (χ3v) is 1.80. The summed E-state index contributed by atoms with van der Waals surface area (Å²) >= 11 is 5.80. The highest BCUT2D eigenvalue weighted by molar-refractivity contribution is 6.30. The minimum absolute atomic E-state index is 0.267. The maximum absolute atomic E-state index is 5.80. The van der Waals surface area contributed by atoms with E-state index in [0.29, 0.717) is 10.9 Å². The van der Waals surface area contributed by atoms with Crippen LogP contribution >= 0.6 is 11.6 Å².